The van der Waals surface area contributed by atoms with Crippen LogP contribution < -0.4 is 0 Å². The van der Waals surface area contributed by atoms with E-state index in [1.54, 1.807) is 0 Å². The fraction of sp³-hybridized carbons (Fsp3) is 0.818. The molecule has 15 heavy (non-hydrogen) atoms. The Morgan fingerprint density at radius 3 is 1.67 bits per heavy atom. The smallest absolute Gasteiger partial charge is 0.373 e. The average molecular weight is 232 g/mol. The number of hydrogen-bond donors (Lipinski definition) is 0. The van der Waals surface area contributed by atoms with E-state index in [4.69, 9.17) is 13.3 Å². The molecule has 0 N–H and O–H groups in total. The number of rotatable bonds is 8. The predicted molar refractivity (Wildman–Crippen MR) is 64.9 cm³/mol. The minimum absolute atomic E-state index is 0.211. The summed E-state index contributed by atoms with van der Waals surface area (Å²) in [5.74, 6) is 0. The molecule has 0 heterocycles. The Balaban J connectivity index is 4.73. The van der Waals surface area contributed by atoms with Gasteiger partial charge in [0.2, 0.25) is 0 Å². The van der Waals surface area contributed by atoms with Crippen molar-refractivity contribution < 1.29 is 13.3 Å². The highest BCUT2D eigenvalue weighted by Gasteiger charge is 2.45. The summed E-state index contributed by atoms with van der Waals surface area (Å²) in [6.45, 7) is 11.9. The van der Waals surface area contributed by atoms with Crippen molar-refractivity contribution >= 4 is 8.80 Å². The fourth-order valence-corrected chi connectivity index (χ4v) is 4.20. The molecule has 0 aromatic carbocycles. The van der Waals surface area contributed by atoms with Crippen molar-refractivity contribution in [2.75, 3.05) is 19.8 Å². The Hall–Kier alpha value is -0.163. The van der Waals surface area contributed by atoms with Crippen LogP contribution in [0.15, 0.2) is 12.2 Å². The second kappa shape index (κ2) is 8.04. The van der Waals surface area contributed by atoms with Gasteiger partial charge >= 0.3 is 8.80 Å². The van der Waals surface area contributed by atoms with E-state index in [2.05, 4.69) is 13.0 Å². The summed E-state index contributed by atoms with van der Waals surface area (Å²) in [6, 6.07) is 0. The minimum Gasteiger partial charge on any atom is -0.373 e. The van der Waals surface area contributed by atoms with Gasteiger partial charge in [0.15, 0.2) is 0 Å². The first kappa shape index (κ1) is 14.8. The van der Waals surface area contributed by atoms with Crippen LogP contribution in [0.4, 0.5) is 0 Å². The van der Waals surface area contributed by atoms with Crippen molar-refractivity contribution in [2.45, 2.75) is 40.2 Å². The van der Waals surface area contributed by atoms with Crippen LogP contribution in [-0.2, 0) is 13.3 Å². The normalized spacial score (nSPS) is 14.7. The van der Waals surface area contributed by atoms with Crippen molar-refractivity contribution in [2.24, 2.45) is 0 Å². The molecular weight excluding hydrogens is 208 g/mol. The van der Waals surface area contributed by atoms with Crippen molar-refractivity contribution in [1.82, 2.24) is 0 Å². The first-order chi connectivity index (χ1) is 7.16. The summed E-state index contributed by atoms with van der Waals surface area (Å²) in [6.07, 6.45) is 4.11. The third-order valence-corrected chi connectivity index (χ3v) is 5.46. The summed E-state index contributed by atoms with van der Waals surface area (Å²) in [7, 11) is -2.51. The summed E-state index contributed by atoms with van der Waals surface area (Å²) in [5, 5.41) is 0. The van der Waals surface area contributed by atoms with Gasteiger partial charge < -0.3 is 13.3 Å². The van der Waals surface area contributed by atoms with Crippen LogP contribution in [-0.4, -0.2) is 28.6 Å². The third-order valence-electron chi connectivity index (χ3n) is 2.08. The first-order valence-electron chi connectivity index (χ1n) is 5.71. The summed E-state index contributed by atoms with van der Waals surface area (Å²) in [4.78, 5) is 0. The average Bonchev–Trinajstić information content (AvgIpc) is 2.19. The lowest BCUT2D eigenvalue weighted by atomic mass is 10.4. The molecule has 0 aromatic heterocycles. The van der Waals surface area contributed by atoms with Crippen molar-refractivity contribution in [3.05, 3.63) is 12.2 Å². The highest BCUT2D eigenvalue weighted by atomic mass is 28.4. The molecule has 0 amide bonds. The second-order valence-corrected chi connectivity index (χ2v) is 6.20. The molecule has 0 saturated heterocycles. The van der Waals surface area contributed by atoms with Crippen molar-refractivity contribution in [3.63, 3.8) is 0 Å². The SMILES string of the molecule is CC=CC(C)[Si](OCC)(OCC)OCC. The van der Waals surface area contributed by atoms with Gasteiger partial charge in [-0.3, -0.25) is 0 Å². The highest BCUT2D eigenvalue weighted by molar-refractivity contribution is 6.62. The Morgan fingerprint density at radius 1 is 1.00 bits per heavy atom. The van der Waals surface area contributed by atoms with E-state index in [1.165, 1.54) is 0 Å². The molecule has 0 radical (unpaired) electrons. The molecule has 4 heteroatoms. The molecule has 1 unspecified atom stereocenters. The summed E-state index contributed by atoms with van der Waals surface area (Å²) < 4.78 is 17.3. The van der Waals surface area contributed by atoms with Crippen LogP contribution >= 0.6 is 0 Å². The Kier molecular flexibility index (Phi) is 7.96. The number of hydrogen-bond acceptors (Lipinski definition) is 3. The molecule has 0 aliphatic carbocycles. The first-order valence-corrected chi connectivity index (χ1v) is 7.51. The molecule has 0 spiro atoms. The van der Waals surface area contributed by atoms with E-state index in [-0.39, 0.29) is 5.54 Å². The topological polar surface area (TPSA) is 27.7 Å². The molecule has 0 aromatic rings. The standard InChI is InChI=1S/C11H24O3Si/c1-6-10-11(5)15(12-7-2,13-8-3)14-9-4/h6,10-11H,7-9H2,1-5H3. The lowest BCUT2D eigenvalue weighted by Gasteiger charge is -2.31. The molecule has 1 atom stereocenters. The second-order valence-electron chi connectivity index (χ2n) is 3.22. The summed E-state index contributed by atoms with van der Waals surface area (Å²) >= 11 is 0. The van der Waals surface area contributed by atoms with Crippen LogP contribution in [0.5, 0.6) is 0 Å². The molecule has 3 nitrogen and oxygen atoms in total. The molecular formula is C11H24O3Si. The molecule has 90 valence electrons. The van der Waals surface area contributed by atoms with E-state index >= 15 is 0 Å². The van der Waals surface area contributed by atoms with Gasteiger partial charge in [-0.05, 0) is 27.7 Å². The Bertz CT molecular complexity index is 166. The largest absolute Gasteiger partial charge is 0.507 e. The Morgan fingerprint density at radius 2 is 1.40 bits per heavy atom. The van der Waals surface area contributed by atoms with Gasteiger partial charge in [0.25, 0.3) is 0 Å². The molecule has 0 rings (SSSR count). The Labute approximate surface area is 94.8 Å². The molecule has 0 aliphatic heterocycles. The van der Waals surface area contributed by atoms with Gasteiger partial charge in [0.1, 0.15) is 0 Å². The number of allylic oxidation sites excluding steroid dienone is 2. The van der Waals surface area contributed by atoms with E-state index in [1.807, 2.05) is 33.8 Å². The van der Waals surface area contributed by atoms with Gasteiger partial charge in [-0.25, -0.2) is 0 Å². The molecule has 0 fully saturated rings. The molecule has 0 bridgehead atoms. The van der Waals surface area contributed by atoms with Crippen LogP contribution in [0.3, 0.4) is 0 Å². The van der Waals surface area contributed by atoms with E-state index in [0.717, 1.165) is 0 Å². The fourth-order valence-electron chi connectivity index (χ4n) is 1.53. The van der Waals surface area contributed by atoms with Crippen LogP contribution in [0.2, 0.25) is 5.54 Å². The van der Waals surface area contributed by atoms with Crippen LogP contribution in [0.1, 0.15) is 34.6 Å². The van der Waals surface area contributed by atoms with Crippen molar-refractivity contribution in [1.29, 1.82) is 0 Å². The maximum atomic E-state index is 5.77. The molecule has 0 saturated carbocycles. The van der Waals surface area contributed by atoms with Gasteiger partial charge in [0.05, 0.1) is 0 Å². The third kappa shape index (κ3) is 4.47. The van der Waals surface area contributed by atoms with E-state index in [0.29, 0.717) is 19.8 Å². The lowest BCUT2D eigenvalue weighted by Crippen LogP contribution is -2.49. The monoisotopic (exact) mass is 232 g/mol. The summed E-state index contributed by atoms with van der Waals surface area (Å²) in [5.41, 5.74) is 0.211. The maximum absolute atomic E-state index is 5.77. The maximum Gasteiger partial charge on any atom is 0.507 e. The van der Waals surface area contributed by atoms with Crippen LogP contribution in [0, 0.1) is 0 Å². The van der Waals surface area contributed by atoms with Gasteiger partial charge in [-0.2, -0.15) is 0 Å². The lowest BCUT2D eigenvalue weighted by molar-refractivity contribution is 0.0667. The zero-order valence-corrected chi connectivity index (χ0v) is 11.6. The van der Waals surface area contributed by atoms with Gasteiger partial charge in [-0.15, -0.1) is 0 Å². The minimum atomic E-state index is -2.51. The predicted octanol–water partition coefficient (Wildman–Crippen LogP) is 3.00. The van der Waals surface area contributed by atoms with Gasteiger partial charge in [0, 0.05) is 25.4 Å². The van der Waals surface area contributed by atoms with E-state index in [9.17, 15) is 0 Å². The van der Waals surface area contributed by atoms with Crippen molar-refractivity contribution in [3.8, 4) is 0 Å². The van der Waals surface area contributed by atoms with Crippen LogP contribution in [0.25, 0.3) is 0 Å². The quantitative estimate of drug-likeness (QED) is 0.475. The zero-order valence-electron chi connectivity index (χ0n) is 10.6. The van der Waals surface area contributed by atoms with E-state index < -0.39 is 8.80 Å². The highest BCUT2D eigenvalue weighted by Crippen LogP contribution is 2.26. The molecule has 0 aliphatic rings. The van der Waals surface area contributed by atoms with Gasteiger partial charge in [-0.1, -0.05) is 19.1 Å². The zero-order chi connectivity index (χ0) is 11.7.